The van der Waals surface area contributed by atoms with Crippen molar-refractivity contribution >= 4 is 23.1 Å². The van der Waals surface area contributed by atoms with Crippen molar-refractivity contribution in [1.82, 2.24) is 34.6 Å². The van der Waals surface area contributed by atoms with E-state index in [4.69, 9.17) is 9.84 Å². The molecule has 0 saturated heterocycles. The fraction of sp³-hybridized carbons (Fsp3) is 0.500. The van der Waals surface area contributed by atoms with Gasteiger partial charge in [-0.1, -0.05) is 53.5 Å². The van der Waals surface area contributed by atoms with Gasteiger partial charge in [-0.2, -0.15) is 24.5 Å². The molecule has 4 heterocycles. The first kappa shape index (κ1) is 26.2. The second-order valence-electron chi connectivity index (χ2n) is 9.94. The largest absolute Gasteiger partial charge is 0.462 e. The molecule has 4 rings (SSSR count). The summed E-state index contributed by atoms with van der Waals surface area (Å²) in [5, 5.41) is 26.2. The molecule has 1 N–H and O–H groups in total. The molecule has 0 saturated carbocycles. The Bertz CT molecular complexity index is 1380. The lowest BCUT2D eigenvalue weighted by Gasteiger charge is -2.15. The zero-order valence-electron chi connectivity index (χ0n) is 22.4. The number of H-pyrrole nitrogens is 1. The van der Waals surface area contributed by atoms with Gasteiger partial charge in [-0.05, 0) is 31.9 Å². The lowest BCUT2D eigenvalue weighted by atomic mass is 9.91. The monoisotopic (exact) mass is 505 g/mol. The van der Waals surface area contributed by atoms with E-state index in [1.165, 1.54) is 10.9 Å². The van der Waals surface area contributed by atoms with Gasteiger partial charge in [-0.15, -0.1) is 10.2 Å². The molecule has 0 spiro atoms. The van der Waals surface area contributed by atoms with Gasteiger partial charge in [-0.25, -0.2) is 9.78 Å². The number of carbonyl (C=O) groups excluding carboxylic acids is 1. The molecule has 0 aromatic carbocycles. The Balaban J connectivity index is 1.85. The molecule has 0 fully saturated rings. The summed E-state index contributed by atoms with van der Waals surface area (Å²) in [6.45, 7) is 12.6. The van der Waals surface area contributed by atoms with Crippen molar-refractivity contribution in [3.8, 4) is 5.82 Å². The molecule has 0 amide bonds. The molecule has 11 heteroatoms. The number of unbranched alkanes of at least 4 members (excludes halogenated alkanes) is 1. The molecule has 0 bridgehead atoms. The summed E-state index contributed by atoms with van der Waals surface area (Å²) in [7, 11) is 0. The summed E-state index contributed by atoms with van der Waals surface area (Å²) in [6.07, 6.45) is 7.33. The van der Waals surface area contributed by atoms with Gasteiger partial charge in [0.2, 0.25) is 0 Å². The van der Waals surface area contributed by atoms with Crippen LogP contribution in [0.25, 0.3) is 11.5 Å². The summed E-state index contributed by atoms with van der Waals surface area (Å²) in [4.78, 5) is 17.0. The number of nitrogens with one attached hydrogen (secondary N) is 1. The van der Waals surface area contributed by atoms with Gasteiger partial charge in [0.1, 0.15) is 5.56 Å². The summed E-state index contributed by atoms with van der Waals surface area (Å²) < 4.78 is 8.57. The number of azo groups is 1. The van der Waals surface area contributed by atoms with Crippen molar-refractivity contribution in [3.63, 3.8) is 0 Å². The highest BCUT2D eigenvalue weighted by Gasteiger charge is 2.29. The minimum Gasteiger partial charge on any atom is -0.462 e. The Hall–Kier alpha value is -3.89. The van der Waals surface area contributed by atoms with Crippen molar-refractivity contribution < 1.29 is 9.53 Å². The van der Waals surface area contributed by atoms with Crippen LogP contribution in [-0.4, -0.2) is 47.2 Å². The van der Waals surface area contributed by atoms with E-state index in [0.29, 0.717) is 17.2 Å². The van der Waals surface area contributed by atoms with E-state index in [-0.39, 0.29) is 29.3 Å². The maximum absolute atomic E-state index is 12.7. The highest BCUT2D eigenvalue weighted by molar-refractivity contribution is 5.94. The fourth-order valence-electron chi connectivity index (χ4n) is 4.20. The van der Waals surface area contributed by atoms with Gasteiger partial charge in [0.25, 0.3) is 0 Å². The minimum absolute atomic E-state index is 0.202. The number of hydrogen-bond acceptors (Lipinski definition) is 8. The topological polar surface area (TPSA) is 128 Å². The standard InChI is InChI=1S/C26H35N9O2/c1-7-10-13-17(8-2)22-30-32-24-20(21(26(4,5)6)33-35(22)24)29-31-23-18(25(36)37-9-3)16-28-34(23)19-14-11-12-15-27-19/h11-12,14-17,32H,7-10,13H2,1-6H3/b31-29+. The van der Waals surface area contributed by atoms with Crippen LogP contribution >= 0.6 is 0 Å². The van der Waals surface area contributed by atoms with Crippen LogP contribution in [0, 0.1) is 0 Å². The number of carbonyl (C=O) groups is 1. The van der Waals surface area contributed by atoms with E-state index < -0.39 is 5.97 Å². The summed E-state index contributed by atoms with van der Waals surface area (Å²) in [6, 6.07) is 5.42. The average Bonchev–Trinajstić information content (AvgIpc) is 3.58. The van der Waals surface area contributed by atoms with Crippen LogP contribution in [0.15, 0.2) is 40.8 Å². The number of pyridine rings is 1. The normalized spacial score (nSPS) is 13.0. The number of ether oxygens (including phenoxy) is 1. The molecular weight excluding hydrogens is 470 g/mol. The predicted molar refractivity (Wildman–Crippen MR) is 140 cm³/mol. The highest BCUT2D eigenvalue weighted by atomic mass is 16.5. The number of aromatic nitrogens is 7. The van der Waals surface area contributed by atoms with Gasteiger partial charge < -0.3 is 4.74 Å². The quantitative estimate of drug-likeness (QED) is 0.201. The number of fused-ring (bicyclic) bond motifs is 1. The Labute approximate surface area is 216 Å². The SMILES string of the molecule is CCCCC(CC)c1n[nH]c2c(/N=N/c3c(C(=O)OCC)cnn3-c3ccccn3)c(C(C)(C)C)nn12. The van der Waals surface area contributed by atoms with Gasteiger partial charge >= 0.3 is 5.97 Å². The molecule has 1 atom stereocenters. The van der Waals surface area contributed by atoms with Crippen LogP contribution in [0.4, 0.5) is 11.5 Å². The molecule has 0 aliphatic heterocycles. The van der Waals surface area contributed by atoms with Crippen molar-refractivity contribution in [2.24, 2.45) is 10.2 Å². The summed E-state index contributed by atoms with van der Waals surface area (Å²) in [5.41, 5.74) is 1.90. The van der Waals surface area contributed by atoms with E-state index in [1.54, 1.807) is 25.3 Å². The van der Waals surface area contributed by atoms with Crippen LogP contribution in [0.5, 0.6) is 0 Å². The zero-order valence-corrected chi connectivity index (χ0v) is 22.4. The second-order valence-corrected chi connectivity index (χ2v) is 9.94. The van der Waals surface area contributed by atoms with Crippen molar-refractivity contribution in [2.45, 2.75) is 78.6 Å². The maximum atomic E-state index is 12.7. The molecule has 0 aliphatic rings. The highest BCUT2D eigenvalue weighted by Crippen LogP contribution is 2.37. The van der Waals surface area contributed by atoms with Crippen LogP contribution in [0.1, 0.15) is 95.0 Å². The average molecular weight is 506 g/mol. The molecule has 37 heavy (non-hydrogen) atoms. The van der Waals surface area contributed by atoms with Crippen LogP contribution in [-0.2, 0) is 10.2 Å². The third-order valence-electron chi connectivity index (χ3n) is 6.18. The first-order valence-corrected chi connectivity index (χ1v) is 12.9. The van der Waals surface area contributed by atoms with Crippen molar-refractivity contribution in [2.75, 3.05) is 6.61 Å². The number of hydrogen-bond donors (Lipinski definition) is 1. The smallest absolute Gasteiger partial charge is 0.343 e. The van der Waals surface area contributed by atoms with Crippen LogP contribution in [0.2, 0.25) is 0 Å². The lowest BCUT2D eigenvalue weighted by Crippen LogP contribution is -2.13. The maximum Gasteiger partial charge on any atom is 0.343 e. The molecule has 4 aromatic heterocycles. The minimum atomic E-state index is -0.527. The van der Waals surface area contributed by atoms with Gasteiger partial charge in [-0.3, -0.25) is 5.10 Å². The molecule has 196 valence electrons. The Kier molecular flexibility index (Phi) is 7.80. The van der Waals surface area contributed by atoms with Gasteiger partial charge in [0, 0.05) is 17.5 Å². The molecular formula is C26H35N9O2. The molecule has 11 nitrogen and oxygen atoms in total. The van der Waals surface area contributed by atoms with E-state index in [2.05, 4.69) is 65.1 Å². The lowest BCUT2D eigenvalue weighted by molar-refractivity contribution is 0.0527. The molecule has 1 unspecified atom stereocenters. The molecule has 4 aromatic rings. The number of aromatic amines is 1. The first-order valence-electron chi connectivity index (χ1n) is 12.9. The van der Waals surface area contributed by atoms with Gasteiger partial charge in [0.15, 0.2) is 28.8 Å². The number of esters is 1. The van der Waals surface area contributed by atoms with Crippen molar-refractivity contribution in [1.29, 1.82) is 0 Å². The van der Waals surface area contributed by atoms with Gasteiger partial charge in [0.05, 0.1) is 18.5 Å². The Morgan fingerprint density at radius 2 is 2.00 bits per heavy atom. The Morgan fingerprint density at radius 3 is 2.65 bits per heavy atom. The zero-order chi connectivity index (χ0) is 26.6. The van der Waals surface area contributed by atoms with E-state index >= 15 is 0 Å². The van der Waals surface area contributed by atoms with E-state index in [1.807, 2.05) is 10.6 Å². The third-order valence-corrected chi connectivity index (χ3v) is 6.18. The van der Waals surface area contributed by atoms with Crippen LogP contribution < -0.4 is 0 Å². The molecule has 0 radical (unpaired) electrons. The fourth-order valence-corrected chi connectivity index (χ4v) is 4.20. The summed E-state index contributed by atoms with van der Waals surface area (Å²) in [5.74, 6) is 1.38. The predicted octanol–water partition coefficient (Wildman–Crippen LogP) is 6.21. The molecule has 0 aliphatic carbocycles. The number of rotatable bonds is 10. The third kappa shape index (κ3) is 5.30. The summed E-state index contributed by atoms with van der Waals surface area (Å²) >= 11 is 0. The van der Waals surface area contributed by atoms with E-state index in [9.17, 15) is 4.79 Å². The Morgan fingerprint density at radius 1 is 1.19 bits per heavy atom. The van der Waals surface area contributed by atoms with Crippen LogP contribution in [0.3, 0.4) is 0 Å². The number of nitrogens with zero attached hydrogens (tertiary/aromatic N) is 8. The van der Waals surface area contributed by atoms with Crippen molar-refractivity contribution in [3.05, 3.63) is 47.7 Å². The second kappa shape index (κ2) is 11.0. The first-order chi connectivity index (χ1) is 17.8. The van der Waals surface area contributed by atoms with E-state index in [0.717, 1.165) is 37.2 Å².